The zero-order chi connectivity index (χ0) is 18.6. The summed E-state index contributed by atoms with van der Waals surface area (Å²) in [6.45, 7) is 3.18. The fourth-order valence-corrected chi connectivity index (χ4v) is 4.53. The van der Waals surface area contributed by atoms with Crippen LogP contribution in [0.15, 0.2) is 60.1 Å². The fourth-order valence-electron chi connectivity index (χ4n) is 3.79. The van der Waals surface area contributed by atoms with Gasteiger partial charge in [-0.1, -0.05) is 42.5 Å². The molecule has 5 heteroatoms. The molecule has 3 aromatic rings. The first kappa shape index (κ1) is 17.9. The van der Waals surface area contributed by atoms with Crippen molar-refractivity contribution in [3.05, 3.63) is 76.2 Å². The zero-order valence-corrected chi connectivity index (χ0v) is 15.9. The normalized spacial score (nSPS) is 17.3. The highest BCUT2D eigenvalue weighted by Crippen LogP contribution is 2.26. The molecule has 0 radical (unpaired) electrons. The molecular formula is C22H22N2O2S. The van der Waals surface area contributed by atoms with Crippen molar-refractivity contribution in [2.45, 2.75) is 19.4 Å². The Morgan fingerprint density at radius 1 is 1.19 bits per heavy atom. The Labute approximate surface area is 163 Å². The molecule has 4 nitrogen and oxygen atoms in total. The molecule has 1 aliphatic rings. The van der Waals surface area contributed by atoms with Crippen molar-refractivity contribution in [3.63, 3.8) is 0 Å². The van der Waals surface area contributed by atoms with Crippen LogP contribution in [0.25, 0.3) is 11.1 Å². The van der Waals surface area contributed by atoms with Crippen LogP contribution in [0.4, 0.5) is 0 Å². The largest absolute Gasteiger partial charge is 0.478 e. The lowest BCUT2D eigenvalue weighted by Gasteiger charge is -2.16. The van der Waals surface area contributed by atoms with Crippen molar-refractivity contribution in [1.82, 2.24) is 9.88 Å². The summed E-state index contributed by atoms with van der Waals surface area (Å²) in [5.41, 5.74) is 3.32. The number of thiazole rings is 1. The maximum absolute atomic E-state index is 11.4. The Morgan fingerprint density at radius 3 is 2.74 bits per heavy atom. The zero-order valence-electron chi connectivity index (χ0n) is 15.0. The summed E-state index contributed by atoms with van der Waals surface area (Å²) >= 11 is 1.75. The third-order valence-electron chi connectivity index (χ3n) is 5.15. The molecule has 0 aliphatic carbocycles. The van der Waals surface area contributed by atoms with E-state index in [4.69, 9.17) is 0 Å². The predicted octanol–water partition coefficient (Wildman–Crippen LogP) is 4.57. The summed E-state index contributed by atoms with van der Waals surface area (Å²) in [6.07, 6.45) is 4.19. The fraction of sp³-hybridized carbons (Fsp3) is 0.273. The highest BCUT2D eigenvalue weighted by molar-refractivity contribution is 7.09. The minimum Gasteiger partial charge on any atom is -0.478 e. The summed E-state index contributed by atoms with van der Waals surface area (Å²) in [6, 6.07) is 15.4. The number of carbonyl (C=O) groups is 1. The van der Waals surface area contributed by atoms with E-state index >= 15 is 0 Å². The molecule has 1 aromatic heterocycles. The molecule has 2 aromatic carbocycles. The van der Waals surface area contributed by atoms with E-state index in [1.807, 2.05) is 35.8 Å². The smallest absolute Gasteiger partial charge is 0.336 e. The Morgan fingerprint density at radius 2 is 2.00 bits per heavy atom. The van der Waals surface area contributed by atoms with Gasteiger partial charge in [-0.25, -0.2) is 9.78 Å². The van der Waals surface area contributed by atoms with E-state index in [0.717, 1.165) is 37.2 Å². The number of rotatable bonds is 6. The molecule has 1 fully saturated rings. The van der Waals surface area contributed by atoms with Gasteiger partial charge in [0, 0.05) is 31.1 Å². The SMILES string of the molecule is O=C(O)c1ccccc1-c1ccc(CN2CC[C@H](Cc3nccs3)C2)cc1. The lowest BCUT2D eigenvalue weighted by Crippen LogP contribution is -2.20. The monoisotopic (exact) mass is 378 g/mol. The topological polar surface area (TPSA) is 53.4 Å². The van der Waals surface area contributed by atoms with Crippen molar-refractivity contribution in [2.24, 2.45) is 5.92 Å². The average molecular weight is 378 g/mol. The van der Waals surface area contributed by atoms with Crippen LogP contribution in [0.1, 0.15) is 27.3 Å². The van der Waals surface area contributed by atoms with Crippen LogP contribution in [-0.4, -0.2) is 34.0 Å². The minimum atomic E-state index is -0.891. The molecule has 0 unspecified atom stereocenters. The van der Waals surface area contributed by atoms with Gasteiger partial charge in [-0.15, -0.1) is 11.3 Å². The summed E-state index contributed by atoms with van der Waals surface area (Å²) in [5.74, 6) is -0.198. The first-order chi connectivity index (χ1) is 13.2. The van der Waals surface area contributed by atoms with Gasteiger partial charge >= 0.3 is 5.97 Å². The van der Waals surface area contributed by atoms with Gasteiger partial charge in [-0.05, 0) is 41.6 Å². The maximum Gasteiger partial charge on any atom is 0.336 e. The summed E-state index contributed by atoms with van der Waals surface area (Å²) < 4.78 is 0. The number of likely N-dealkylation sites (tertiary alicyclic amines) is 1. The second-order valence-electron chi connectivity index (χ2n) is 7.07. The third kappa shape index (κ3) is 4.26. The van der Waals surface area contributed by atoms with Crippen molar-refractivity contribution in [2.75, 3.05) is 13.1 Å². The van der Waals surface area contributed by atoms with Crippen LogP contribution in [0.3, 0.4) is 0 Å². The van der Waals surface area contributed by atoms with Gasteiger partial charge in [-0.3, -0.25) is 4.90 Å². The Kier molecular flexibility index (Phi) is 5.32. The van der Waals surface area contributed by atoms with Crippen LogP contribution in [0.2, 0.25) is 0 Å². The highest BCUT2D eigenvalue weighted by Gasteiger charge is 2.23. The number of benzene rings is 2. The van der Waals surface area contributed by atoms with E-state index in [0.29, 0.717) is 11.5 Å². The van der Waals surface area contributed by atoms with Crippen LogP contribution >= 0.6 is 11.3 Å². The summed E-state index contributed by atoms with van der Waals surface area (Å²) in [7, 11) is 0. The number of hydrogen-bond acceptors (Lipinski definition) is 4. The molecule has 0 saturated carbocycles. The van der Waals surface area contributed by atoms with E-state index in [1.165, 1.54) is 17.0 Å². The summed E-state index contributed by atoms with van der Waals surface area (Å²) in [4.78, 5) is 18.3. The second-order valence-corrected chi connectivity index (χ2v) is 8.05. The molecule has 1 aliphatic heterocycles. The number of hydrogen-bond donors (Lipinski definition) is 1. The Balaban J connectivity index is 1.40. The molecule has 1 atom stereocenters. The third-order valence-corrected chi connectivity index (χ3v) is 5.95. The van der Waals surface area contributed by atoms with Gasteiger partial charge in [0.2, 0.25) is 0 Å². The number of carboxylic acid groups (broad SMARTS) is 1. The van der Waals surface area contributed by atoms with Crippen LogP contribution in [0, 0.1) is 5.92 Å². The van der Waals surface area contributed by atoms with Gasteiger partial charge in [0.15, 0.2) is 0 Å². The predicted molar refractivity (Wildman–Crippen MR) is 108 cm³/mol. The molecule has 1 saturated heterocycles. The first-order valence-electron chi connectivity index (χ1n) is 9.21. The number of aromatic nitrogens is 1. The molecule has 27 heavy (non-hydrogen) atoms. The molecular weight excluding hydrogens is 356 g/mol. The van der Waals surface area contributed by atoms with Crippen LogP contribution < -0.4 is 0 Å². The molecule has 1 N–H and O–H groups in total. The molecule has 0 spiro atoms. The van der Waals surface area contributed by atoms with Crippen molar-refractivity contribution in [3.8, 4) is 11.1 Å². The van der Waals surface area contributed by atoms with Gasteiger partial charge in [-0.2, -0.15) is 0 Å². The van der Waals surface area contributed by atoms with Gasteiger partial charge in [0.25, 0.3) is 0 Å². The van der Waals surface area contributed by atoms with Gasteiger partial charge in [0.1, 0.15) is 0 Å². The van der Waals surface area contributed by atoms with Gasteiger partial charge in [0.05, 0.1) is 10.6 Å². The Hall–Kier alpha value is -2.50. The van der Waals surface area contributed by atoms with Crippen molar-refractivity contribution in [1.29, 1.82) is 0 Å². The first-order valence-corrected chi connectivity index (χ1v) is 10.1. The van der Waals surface area contributed by atoms with Crippen molar-refractivity contribution >= 4 is 17.3 Å². The van der Waals surface area contributed by atoms with E-state index in [-0.39, 0.29) is 0 Å². The lowest BCUT2D eigenvalue weighted by atomic mass is 9.98. The highest BCUT2D eigenvalue weighted by atomic mass is 32.1. The van der Waals surface area contributed by atoms with E-state index in [1.54, 1.807) is 23.5 Å². The lowest BCUT2D eigenvalue weighted by molar-refractivity contribution is 0.0697. The number of carboxylic acids is 1. The average Bonchev–Trinajstić information content (AvgIpc) is 3.35. The van der Waals surface area contributed by atoms with Crippen LogP contribution in [0.5, 0.6) is 0 Å². The van der Waals surface area contributed by atoms with E-state index in [2.05, 4.69) is 22.0 Å². The Bertz CT molecular complexity index is 906. The maximum atomic E-state index is 11.4. The molecule has 0 bridgehead atoms. The molecule has 0 amide bonds. The minimum absolute atomic E-state index is 0.342. The molecule has 4 rings (SSSR count). The van der Waals surface area contributed by atoms with Crippen LogP contribution in [-0.2, 0) is 13.0 Å². The second kappa shape index (κ2) is 8.03. The molecule has 138 valence electrons. The van der Waals surface area contributed by atoms with Gasteiger partial charge < -0.3 is 5.11 Å². The van der Waals surface area contributed by atoms with E-state index < -0.39 is 5.97 Å². The van der Waals surface area contributed by atoms with E-state index in [9.17, 15) is 9.90 Å². The number of aromatic carboxylic acids is 1. The summed E-state index contributed by atoms with van der Waals surface area (Å²) in [5, 5.41) is 12.7. The standard InChI is InChI=1S/C22H22N2O2S/c25-22(26)20-4-2-1-3-19(20)18-7-5-16(6-8-18)14-24-11-9-17(15-24)13-21-23-10-12-27-21/h1-8,10,12,17H,9,11,13-15H2,(H,25,26)/t17-/m1/s1. The molecule has 2 heterocycles. The number of nitrogens with zero attached hydrogens (tertiary/aromatic N) is 2. The van der Waals surface area contributed by atoms with Crippen molar-refractivity contribution < 1.29 is 9.90 Å². The quantitative estimate of drug-likeness (QED) is 0.682.